The smallest absolute Gasteiger partial charge is 0.307 e. The van der Waals surface area contributed by atoms with Gasteiger partial charge in [0.25, 0.3) is 0 Å². The van der Waals surface area contributed by atoms with Crippen LogP contribution in [0.5, 0.6) is 0 Å². The highest BCUT2D eigenvalue weighted by atomic mass is 32.2. The van der Waals surface area contributed by atoms with E-state index < -0.39 is 5.97 Å². The Hall–Kier alpha value is -1.22. The van der Waals surface area contributed by atoms with Crippen LogP contribution in [0.15, 0.2) is 36.4 Å². The Morgan fingerprint density at radius 2 is 2.12 bits per heavy atom. The molecular formula is C13H16O2S. The molecule has 0 aliphatic heterocycles. The Balaban J connectivity index is 2.21. The highest BCUT2D eigenvalue weighted by molar-refractivity contribution is 7.99. The van der Waals surface area contributed by atoms with Crippen molar-refractivity contribution in [3.8, 4) is 0 Å². The van der Waals surface area contributed by atoms with Gasteiger partial charge in [-0.3, -0.25) is 4.79 Å². The standard InChI is InChI=1S/C13H16O2S/c1-11(13(14)15)10-16-9-5-8-12-6-3-2-4-7-12/h2-8,11H,9-10H2,1H3,(H,14,15). The van der Waals surface area contributed by atoms with Crippen LogP contribution in [0.3, 0.4) is 0 Å². The van der Waals surface area contributed by atoms with Crippen molar-refractivity contribution >= 4 is 23.8 Å². The Bertz CT molecular complexity index is 346. The largest absolute Gasteiger partial charge is 0.481 e. The number of hydrogen-bond donors (Lipinski definition) is 1. The fourth-order valence-electron chi connectivity index (χ4n) is 1.13. The second-order valence-electron chi connectivity index (χ2n) is 3.59. The van der Waals surface area contributed by atoms with E-state index in [9.17, 15) is 4.79 Å². The van der Waals surface area contributed by atoms with E-state index in [1.807, 2.05) is 30.3 Å². The van der Waals surface area contributed by atoms with E-state index in [4.69, 9.17) is 5.11 Å². The average molecular weight is 236 g/mol. The monoisotopic (exact) mass is 236 g/mol. The topological polar surface area (TPSA) is 37.3 Å². The van der Waals surface area contributed by atoms with Crippen LogP contribution in [0.2, 0.25) is 0 Å². The average Bonchev–Trinajstić information content (AvgIpc) is 2.29. The molecule has 0 saturated carbocycles. The van der Waals surface area contributed by atoms with Gasteiger partial charge in [-0.25, -0.2) is 0 Å². The summed E-state index contributed by atoms with van der Waals surface area (Å²) in [4.78, 5) is 10.6. The maximum atomic E-state index is 10.6. The highest BCUT2D eigenvalue weighted by Crippen LogP contribution is 2.09. The van der Waals surface area contributed by atoms with Crippen LogP contribution in [0, 0.1) is 5.92 Å². The van der Waals surface area contributed by atoms with Gasteiger partial charge in [0.1, 0.15) is 0 Å². The lowest BCUT2D eigenvalue weighted by Crippen LogP contribution is -2.11. The van der Waals surface area contributed by atoms with E-state index in [1.54, 1.807) is 18.7 Å². The third kappa shape index (κ3) is 5.03. The first-order chi connectivity index (χ1) is 7.70. The molecule has 0 fully saturated rings. The Morgan fingerprint density at radius 3 is 2.75 bits per heavy atom. The van der Waals surface area contributed by atoms with Gasteiger partial charge >= 0.3 is 5.97 Å². The first-order valence-electron chi connectivity index (χ1n) is 5.22. The molecule has 16 heavy (non-hydrogen) atoms. The van der Waals surface area contributed by atoms with Crippen molar-refractivity contribution in [3.05, 3.63) is 42.0 Å². The van der Waals surface area contributed by atoms with Crippen molar-refractivity contribution in [3.63, 3.8) is 0 Å². The van der Waals surface area contributed by atoms with Crippen molar-refractivity contribution in [1.82, 2.24) is 0 Å². The molecule has 0 bridgehead atoms. The molecule has 1 atom stereocenters. The summed E-state index contributed by atoms with van der Waals surface area (Å²) in [5.74, 6) is 0.524. The third-order valence-corrected chi connectivity index (χ3v) is 3.28. The minimum absolute atomic E-state index is 0.268. The third-order valence-electron chi connectivity index (χ3n) is 2.11. The predicted molar refractivity (Wildman–Crippen MR) is 69.6 cm³/mol. The molecule has 0 saturated heterocycles. The number of thioether (sulfide) groups is 1. The summed E-state index contributed by atoms with van der Waals surface area (Å²) in [5.41, 5.74) is 1.18. The fourth-order valence-corrected chi connectivity index (χ4v) is 2.00. The molecule has 0 radical (unpaired) electrons. The molecule has 1 aromatic carbocycles. The predicted octanol–water partition coefficient (Wildman–Crippen LogP) is 3.15. The molecule has 0 heterocycles. The first kappa shape index (κ1) is 12.8. The van der Waals surface area contributed by atoms with E-state index >= 15 is 0 Å². The van der Waals surface area contributed by atoms with Gasteiger partial charge < -0.3 is 5.11 Å². The number of carbonyl (C=O) groups is 1. The quantitative estimate of drug-likeness (QED) is 0.771. The summed E-state index contributed by atoms with van der Waals surface area (Å²) in [6, 6.07) is 10.1. The van der Waals surface area contributed by atoms with E-state index in [1.165, 1.54) is 5.56 Å². The van der Waals surface area contributed by atoms with Crippen LogP contribution >= 0.6 is 11.8 Å². The minimum Gasteiger partial charge on any atom is -0.481 e. The zero-order valence-electron chi connectivity index (χ0n) is 9.30. The molecule has 2 nitrogen and oxygen atoms in total. The molecule has 0 aromatic heterocycles. The molecule has 86 valence electrons. The second-order valence-corrected chi connectivity index (χ2v) is 4.66. The normalized spacial score (nSPS) is 12.8. The fraction of sp³-hybridized carbons (Fsp3) is 0.308. The zero-order valence-corrected chi connectivity index (χ0v) is 10.1. The van der Waals surface area contributed by atoms with Crippen LogP contribution in [-0.4, -0.2) is 22.6 Å². The summed E-state index contributed by atoms with van der Waals surface area (Å²) in [6.07, 6.45) is 4.12. The summed E-state index contributed by atoms with van der Waals surface area (Å²) < 4.78 is 0. The molecule has 1 aromatic rings. The maximum absolute atomic E-state index is 10.6. The van der Waals surface area contributed by atoms with Gasteiger partial charge in [0.15, 0.2) is 0 Å². The Labute approximate surface area is 100 Å². The molecule has 1 unspecified atom stereocenters. The van der Waals surface area contributed by atoms with Gasteiger partial charge in [-0.05, 0) is 5.56 Å². The summed E-state index contributed by atoms with van der Waals surface area (Å²) in [7, 11) is 0. The van der Waals surface area contributed by atoms with Gasteiger partial charge in [-0.2, -0.15) is 11.8 Å². The summed E-state index contributed by atoms with van der Waals surface area (Å²) in [5, 5.41) is 8.69. The number of aliphatic carboxylic acids is 1. The van der Waals surface area contributed by atoms with Gasteiger partial charge in [0.2, 0.25) is 0 Å². The van der Waals surface area contributed by atoms with Crippen molar-refractivity contribution in [2.24, 2.45) is 5.92 Å². The van der Waals surface area contributed by atoms with Crippen LogP contribution in [-0.2, 0) is 4.79 Å². The lowest BCUT2D eigenvalue weighted by molar-refractivity contribution is -0.140. The lowest BCUT2D eigenvalue weighted by atomic mass is 10.2. The molecule has 0 spiro atoms. The van der Waals surface area contributed by atoms with Crippen molar-refractivity contribution < 1.29 is 9.90 Å². The Kier molecular flexibility index (Phi) is 5.72. The molecule has 3 heteroatoms. The number of benzene rings is 1. The lowest BCUT2D eigenvalue weighted by Gasteiger charge is -2.02. The molecule has 1 rings (SSSR count). The van der Waals surface area contributed by atoms with Gasteiger partial charge in [-0.15, -0.1) is 0 Å². The molecule has 1 N–H and O–H groups in total. The SMILES string of the molecule is CC(CSCC=Cc1ccccc1)C(=O)O. The number of rotatable bonds is 6. The maximum Gasteiger partial charge on any atom is 0.307 e. The van der Waals surface area contributed by atoms with Crippen molar-refractivity contribution in [1.29, 1.82) is 0 Å². The summed E-state index contributed by atoms with van der Waals surface area (Å²) in [6.45, 7) is 1.73. The van der Waals surface area contributed by atoms with E-state index in [2.05, 4.69) is 12.2 Å². The number of carboxylic acid groups (broad SMARTS) is 1. The minimum atomic E-state index is -0.723. The van der Waals surface area contributed by atoms with Gasteiger partial charge in [0.05, 0.1) is 5.92 Å². The molecule has 0 amide bonds. The van der Waals surface area contributed by atoms with Gasteiger partial charge in [0, 0.05) is 11.5 Å². The zero-order chi connectivity index (χ0) is 11.8. The van der Waals surface area contributed by atoms with E-state index in [0.29, 0.717) is 5.75 Å². The second kappa shape index (κ2) is 7.12. The molecule has 0 aliphatic rings. The molecule has 0 aliphatic carbocycles. The van der Waals surface area contributed by atoms with Crippen LogP contribution in [0.1, 0.15) is 12.5 Å². The Morgan fingerprint density at radius 1 is 1.44 bits per heavy atom. The van der Waals surface area contributed by atoms with Crippen LogP contribution in [0.4, 0.5) is 0 Å². The van der Waals surface area contributed by atoms with E-state index in [0.717, 1.165) is 5.75 Å². The van der Waals surface area contributed by atoms with Crippen LogP contribution < -0.4 is 0 Å². The molecular weight excluding hydrogens is 220 g/mol. The first-order valence-corrected chi connectivity index (χ1v) is 6.37. The van der Waals surface area contributed by atoms with Gasteiger partial charge in [-0.1, -0.05) is 49.4 Å². The van der Waals surface area contributed by atoms with E-state index in [-0.39, 0.29) is 5.92 Å². The summed E-state index contributed by atoms with van der Waals surface area (Å²) >= 11 is 1.64. The van der Waals surface area contributed by atoms with Crippen molar-refractivity contribution in [2.45, 2.75) is 6.92 Å². The number of carboxylic acids is 1. The highest BCUT2D eigenvalue weighted by Gasteiger charge is 2.09. The van der Waals surface area contributed by atoms with Crippen LogP contribution in [0.25, 0.3) is 6.08 Å². The number of hydrogen-bond acceptors (Lipinski definition) is 2. The van der Waals surface area contributed by atoms with Crippen molar-refractivity contribution in [2.75, 3.05) is 11.5 Å².